The Kier molecular flexibility index (Phi) is 5.73. The lowest BCUT2D eigenvalue weighted by atomic mass is 10.1. The molecule has 1 saturated heterocycles. The second kappa shape index (κ2) is 8.56. The minimum atomic E-state index is -3.54. The molecular weight excluding hydrogens is 444 g/mol. The number of aromatic nitrogens is 6. The van der Waals surface area contributed by atoms with Crippen molar-refractivity contribution in [1.29, 1.82) is 0 Å². The van der Waals surface area contributed by atoms with E-state index in [0.29, 0.717) is 44.1 Å². The first-order valence-corrected chi connectivity index (χ1v) is 13.1. The van der Waals surface area contributed by atoms with Crippen LogP contribution in [0.2, 0.25) is 0 Å². The van der Waals surface area contributed by atoms with Crippen LogP contribution < -0.4 is 11.0 Å². The van der Waals surface area contributed by atoms with Gasteiger partial charge in [0.2, 0.25) is 16.0 Å². The van der Waals surface area contributed by atoms with Gasteiger partial charge >= 0.3 is 5.69 Å². The van der Waals surface area contributed by atoms with E-state index in [1.165, 1.54) is 21.4 Å². The van der Waals surface area contributed by atoms with Crippen LogP contribution in [0, 0.1) is 0 Å². The Labute approximate surface area is 192 Å². The van der Waals surface area contributed by atoms with Crippen LogP contribution in [-0.2, 0) is 23.6 Å². The third-order valence-corrected chi connectivity index (χ3v) is 8.67. The number of aryl methyl sites for hydroxylation is 2. The lowest BCUT2D eigenvalue weighted by Crippen LogP contribution is -2.42. The molecule has 4 heterocycles. The Morgan fingerprint density at radius 2 is 1.85 bits per heavy atom. The summed E-state index contributed by atoms with van der Waals surface area (Å²) in [5.74, 6) is 0.482. The van der Waals surface area contributed by atoms with Crippen LogP contribution >= 0.6 is 0 Å². The molecule has 2 fully saturated rings. The Bertz CT molecular complexity index is 1310. The minimum Gasteiger partial charge on any atom is -0.351 e. The summed E-state index contributed by atoms with van der Waals surface area (Å²) in [6.45, 7) is 3.36. The van der Waals surface area contributed by atoms with Gasteiger partial charge in [0.05, 0.1) is 12.4 Å². The molecule has 0 radical (unpaired) electrons. The largest absolute Gasteiger partial charge is 0.351 e. The lowest BCUT2D eigenvalue weighted by Gasteiger charge is -2.31. The molecule has 2 aliphatic rings. The molecule has 0 aromatic carbocycles. The van der Waals surface area contributed by atoms with Crippen molar-refractivity contribution in [1.82, 2.24) is 33.2 Å². The van der Waals surface area contributed by atoms with Crippen LogP contribution in [-0.4, -0.2) is 60.7 Å². The quantitative estimate of drug-likeness (QED) is 0.578. The fraction of sp³-hybridized carbons (Fsp3) is 0.619. The Hall–Kier alpha value is -2.73. The highest BCUT2D eigenvalue weighted by Gasteiger charge is 2.31. The zero-order chi connectivity index (χ0) is 23.2. The van der Waals surface area contributed by atoms with Crippen molar-refractivity contribution in [3.8, 4) is 0 Å². The van der Waals surface area contributed by atoms with Gasteiger partial charge in [0.25, 0.3) is 0 Å². The van der Waals surface area contributed by atoms with Crippen LogP contribution in [0.3, 0.4) is 0 Å². The zero-order valence-electron chi connectivity index (χ0n) is 19.0. The van der Waals surface area contributed by atoms with E-state index in [2.05, 4.69) is 15.4 Å². The summed E-state index contributed by atoms with van der Waals surface area (Å²) < 4.78 is 32.2. The first kappa shape index (κ1) is 22.1. The molecule has 12 heteroatoms. The molecule has 11 nitrogen and oxygen atoms in total. The summed E-state index contributed by atoms with van der Waals surface area (Å²) in [6, 6.07) is 0.249. The number of hydrogen-bond acceptors (Lipinski definition) is 7. The maximum absolute atomic E-state index is 13.0. The van der Waals surface area contributed by atoms with E-state index in [1.54, 1.807) is 17.8 Å². The normalized spacial score (nSPS) is 19.0. The molecule has 1 aliphatic heterocycles. The van der Waals surface area contributed by atoms with Gasteiger partial charge in [-0.25, -0.2) is 18.2 Å². The van der Waals surface area contributed by atoms with Crippen molar-refractivity contribution in [2.24, 2.45) is 7.05 Å². The van der Waals surface area contributed by atoms with Crippen molar-refractivity contribution < 1.29 is 8.42 Å². The monoisotopic (exact) mass is 474 g/mol. The first-order valence-electron chi connectivity index (χ1n) is 11.6. The Morgan fingerprint density at radius 1 is 1.12 bits per heavy atom. The number of fused-ring (bicyclic) bond motifs is 1. The van der Waals surface area contributed by atoms with E-state index in [0.717, 1.165) is 31.2 Å². The van der Waals surface area contributed by atoms with Crippen molar-refractivity contribution in [2.75, 3.05) is 18.4 Å². The van der Waals surface area contributed by atoms with Gasteiger partial charge in [-0.15, -0.1) is 0 Å². The summed E-state index contributed by atoms with van der Waals surface area (Å²) in [4.78, 5) is 22.5. The van der Waals surface area contributed by atoms with E-state index < -0.39 is 10.0 Å². The second-order valence-electron chi connectivity index (χ2n) is 8.91. The number of piperidine rings is 1. The molecule has 0 unspecified atom stereocenters. The topological polar surface area (TPSA) is 120 Å². The van der Waals surface area contributed by atoms with Gasteiger partial charge in [0.15, 0.2) is 5.65 Å². The maximum Gasteiger partial charge on any atom is 0.330 e. The SMILES string of the molecule is CCn1c(=O)n(C2CCCC2)c2nc(NC3CCN(S(=O)(=O)c4cnn(C)c4)CC3)ncc21. The standard InChI is InChI=1S/C21H30N8O3S/c1-3-28-18-13-22-20(25-19(18)29(21(28)30)16-6-4-5-7-16)24-15-8-10-27(11-9-15)33(31,32)17-12-23-26(2)14-17/h12-16H,3-11H2,1-2H3,(H,22,24,25). The van der Waals surface area contributed by atoms with E-state index >= 15 is 0 Å². The van der Waals surface area contributed by atoms with Gasteiger partial charge in [-0.05, 0) is 32.6 Å². The fourth-order valence-corrected chi connectivity index (χ4v) is 6.48. The molecule has 33 heavy (non-hydrogen) atoms. The van der Waals surface area contributed by atoms with Gasteiger partial charge in [0, 0.05) is 45.0 Å². The number of nitrogens with zero attached hydrogens (tertiary/aromatic N) is 7. The van der Waals surface area contributed by atoms with Crippen molar-refractivity contribution >= 4 is 27.1 Å². The van der Waals surface area contributed by atoms with Crippen LogP contribution in [0.4, 0.5) is 5.95 Å². The number of hydrogen-bond donors (Lipinski definition) is 1. The van der Waals surface area contributed by atoms with Crippen LogP contribution in [0.5, 0.6) is 0 Å². The third kappa shape index (κ3) is 3.95. The second-order valence-corrected chi connectivity index (χ2v) is 10.8. The van der Waals surface area contributed by atoms with Crippen molar-refractivity contribution in [2.45, 2.75) is 69.0 Å². The molecule has 1 aliphatic carbocycles. The van der Waals surface area contributed by atoms with Crippen LogP contribution in [0.25, 0.3) is 11.2 Å². The highest BCUT2D eigenvalue weighted by atomic mass is 32.2. The molecule has 1 N–H and O–H groups in total. The number of rotatable bonds is 6. The number of nitrogens with one attached hydrogen (secondary N) is 1. The number of imidazole rings is 1. The Morgan fingerprint density at radius 3 is 2.48 bits per heavy atom. The van der Waals surface area contributed by atoms with Crippen molar-refractivity contribution in [3.05, 3.63) is 29.1 Å². The molecule has 0 amide bonds. The van der Waals surface area contributed by atoms with Gasteiger partial charge in [-0.2, -0.15) is 14.4 Å². The number of sulfonamides is 1. The Balaban J connectivity index is 1.33. The van der Waals surface area contributed by atoms with E-state index in [1.807, 2.05) is 11.5 Å². The van der Waals surface area contributed by atoms with E-state index in [9.17, 15) is 13.2 Å². The van der Waals surface area contributed by atoms with E-state index in [4.69, 9.17) is 4.98 Å². The minimum absolute atomic E-state index is 0.0141. The predicted octanol–water partition coefficient (Wildman–Crippen LogP) is 1.73. The van der Waals surface area contributed by atoms with Gasteiger partial charge in [0.1, 0.15) is 10.4 Å². The molecule has 3 aromatic heterocycles. The highest BCUT2D eigenvalue weighted by Crippen LogP contribution is 2.31. The average molecular weight is 475 g/mol. The lowest BCUT2D eigenvalue weighted by molar-refractivity contribution is 0.329. The first-order chi connectivity index (χ1) is 15.9. The fourth-order valence-electron chi connectivity index (χ4n) is 5.03. The molecule has 178 valence electrons. The van der Waals surface area contributed by atoms with Gasteiger partial charge in [-0.1, -0.05) is 12.8 Å². The number of anilines is 1. The predicted molar refractivity (Wildman–Crippen MR) is 124 cm³/mol. The molecule has 0 atom stereocenters. The average Bonchev–Trinajstić information content (AvgIpc) is 3.53. The third-order valence-electron chi connectivity index (χ3n) is 6.82. The molecular formula is C21H30N8O3S. The summed E-state index contributed by atoms with van der Waals surface area (Å²) >= 11 is 0. The van der Waals surface area contributed by atoms with Crippen LogP contribution in [0.1, 0.15) is 51.5 Å². The zero-order valence-corrected chi connectivity index (χ0v) is 19.8. The molecule has 0 spiro atoms. The van der Waals surface area contributed by atoms with Gasteiger partial charge in [-0.3, -0.25) is 13.8 Å². The van der Waals surface area contributed by atoms with Crippen LogP contribution in [0.15, 0.2) is 28.3 Å². The maximum atomic E-state index is 13.0. The smallest absolute Gasteiger partial charge is 0.330 e. The summed E-state index contributed by atoms with van der Waals surface area (Å²) in [5.41, 5.74) is 1.43. The van der Waals surface area contributed by atoms with Crippen molar-refractivity contribution in [3.63, 3.8) is 0 Å². The summed E-state index contributed by atoms with van der Waals surface area (Å²) in [6.07, 6.45) is 10.2. The highest BCUT2D eigenvalue weighted by molar-refractivity contribution is 7.89. The molecule has 0 bridgehead atoms. The molecule has 3 aromatic rings. The molecule has 5 rings (SSSR count). The summed E-state index contributed by atoms with van der Waals surface area (Å²) in [5, 5.41) is 7.35. The summed E-state index contributed by atoms with van der Waals surface area (Å²) in [7, 11) is -1.83. The van der Waals surface area contributed by atoms with Gasteiger partial charge < -0.3 is 5.32 Å². The van der Waals surface area contributed by atoms with E-state index in [-0.39, 0.29) is 22.7 Å². The molecule has 1 saturated carbocycles.